The molecule has 0 saturated carbocycles. The van der Waals surface area contributed by atoms with Crippen LogP contribution in [0.4, 0.5) is 5.69 Å². The van der Waals surface area contributed by atoms with Crippen LogP contribution in [0.15, 0.2) is 18.2 Å². The molecule has 0 aliphatic rings. The van der Waals surface area contributed by atoms with Crippen LogP contribution in [0.25, 0.3) is 0 Å². The van der Waals surface area contributed by atoms with E-state index in [0.29, 0.717) is 35.9 Å². The van der Waals surface area contributed by atoms with Crippen LogP contribution in [-0.2, 0) is 14.3 Å². The lowest BCUT2D eigenvalue weighted by atomic mass is 9.93. The Morgan fingerprint density at radius 3 is 2.38 bits per heavy atom. The van der Waals surface area contributed by atoms with Gasteiger partial charge in [-0.15, -0.1) is 0 Å². The number of rotatable bonds is 12. The molecule has 0 aliphatic carbocycles. The summed E-state index contributed by atoms with van der Waals surface area (Å²) in [5, 5.41) is 2.90. The summed E-state index contributed by atoms with van der Waals surface area (Å²) in [6.07, 6.45) is 2.19. The van der Waals surface area contributed by atoms with Crippen molar-refractivity contribution in [3.05, 3.63) is 23.8 Å². The fourth-order valence-corrected chi connectivity index (χ4v) is 2.97. The molecule has 164 valence electrons. The molecule has 1 aromatic carbocycles. The zero-order valence-electron chi connectivity index (χ0n) is 19.0. The third-order valence-electron chi connectivity index (χ3n) is 4.54. The highest BCUT2D eigenvalue weighted by atomic mass is 16.5. The van der Waals surface area contributed by atoms with Gasteiger partial charge in [-0.05, 0) is 64.2 Å². The van der Waals surface area contributed by atoms with Crippen LogP contribution < -0.4 is 10.1 Å². The minimum atomic E-state index is -0.944. The van der Waals surface area contributed by atoms with E-state index in [1.807, 2.05) is 27.7 Å². The Morgan fingerprint density at radius 2 is 1.83 bits per heavy atom. The molecule has 1 rings (SSSR count). The monoisotopic (exact) mass is 407 g/mol. The Labute approximate surface area is 175 Å². The standard InChI is InChI=1S/C23H37NO5/c1-8-13-28-23(7,15-16(4)5)22(26)24-18-11-12-20(29-17(6)9-2)19(14-18)21(25)27-10-3/h11-12,14,16-17H,8-10,13,15H2,1-7H3,(H,24,26)/t17-,23-/m1/s1. The normalized spacial score (nSPS) is 14.2. The number of carbonyl (C=O) groups excluding carboxylic acids is 2. The highest BCUT2D eigenvalue weighted by Crippen LogP contribution is 2.28. The van der Waals surface area contributed by atoms with E-state index in [9.17, 15) is 9.59 Å². The molecule has 2 atom stereocenters. The molecule has 6 nitrogen and oxygen atoms in total. The first kappa shape index (κ1) is 25.0. The van der Waals surface area contributed by atoms with Crippen LogP contribution >= 0.6 is 0 Å². The molecule has 0 heterocycles. The van der Waals surface area contributed by atoms with Gasteiger partial charge < -0.3 is 19.5 Å². The van der Waals surface area contributed by atoms with Crippen LogP contribution in [0.3, 0.4) is 0 Å². The van der Waals surface area contributed by atoms with Gasteiger partial charge >= 0.3 is 5.97 Å². The van der Waals surface area contributed by atoms with Crippen LogP contribution in [-0.4, -0.2) is 36.8 Å². The Hall–Kier alpha value is -2.08. The molecule has 0 unspecified atom stereocenters. The zero-order chi connectivity index (χ0) is 22.0. The molecule has 1 aromatic rings. The third-order valence-corrected chi connectivity index (χ3v) is 4.54. The Bertz CT molecular complexity index is 673. The molecule has 1 N–H and O–H groups in total. The second-order valence-electron chi connectivity index (χ2n) is 7.90. The van der Waals surface area contributed by atoms with Crippen molar-refractivity contribution in [1.82, 2.24) is 0 Å². The van der Waals surface area contributed by atoms with Gasteiger partial charge in [-0.3, -0.25) is 4.79 Å². The third kappa shape index (κ3) is 7.69. The maximum atomic E-state index is 13.0. The van der Waals surface area contributed by atoms with Crippen molar-refractivity contribution in [3.8, 4) is 5.75 Å². The van der Waals surface area contributed by atoms with Gasteiger partial charge in [-0.1, -0.05) is 27.7 Å². The molecular weight excluding hydrogens is 370 g/mol. The molecule has 0 aliphatic heterocycles. The van der Waals surface area contributed by atoms with Crippen molar-refractivity contribution in [1.29, 1.82) is 0 Å². The largest absolute Gasteiger partial charge is 0.490 e. The van der Waals surface area contributed by atoms with E-state index >= 15 is 0 Å². The first-order valence-corrected chi connectivity index (χ1v) is 10.6. The minimum Gasteiger partial charge on any atom is -0.490 e. The van der Waals surface area contributed by atoms with Crippen molar-refractivity contribution < 1.29 is 23.8 Å². The molecule has 29 heavy (non-hydrogen) atoms. The van der Waals surface area contributed by atoms with Crippen molar-refractivity contribution in [2.24, 2.45) is 5.92 Å². The predicted molar refractivity (Wildman–Crippen MR) is 116 cm³/mol. The predicted octanol–water partition coefficient (Wildman–Crippen LogP) is 5.21. The van der Waals surface area contributed by atoms with E-state index in [-0.39, 0.29) is 18.6 Å². The highest BCUT2D eigenvalue weighted by Gasteiger charge is 2.35. The second-order valence-corrected chi connectivity index (χ2v) is 7.90. The van der Waals surface area contributed by atoms with E-state index in [1.54, 1.807) is 25.1 Å². The van der Waals surface area contributed by atoms with E-state index in [4.69, 9.17) is 14.2 Å². The van der Waals surface area contributed by atoms with Gasteiger partial charge in [0.1, 0.15) is 16.9 Å². The second kappa shape index (κ2) is 11.8. The SMILES string of the molecule is CCCO[C@](C)(CC(C)C)C(=O)Nc1ccc(O[C@H](C)CC)c(C(=O)OCC)c1. The van der Waals surface area contributed by atoms with Gasteiger partial charge in [0, 0.05) is 12.3 Å². The first-order chi connectivity index (χ1) is 13.7. The lowest BCUT2D eigenvalue weighted by Crippen LogP contribution is -2.44. The molecule has 0 aromatic heterocycles. The summed E-state index contributed by atoms with van der Waals surface area (Å²) in [7, 11) is 0. The summed E-state index contributed by atoms with van der Waals surface area (Å²) in [4.78, 5) is 25.4. The average Bonchev–Trinajstić information content (AvgIpc) is 2.66. The Balaban J connectivity index is 3.14. The maximum Gasteiger partial charge on any atom is 0.341 e. The summed E-state index contributed by atoms with van der Waals surface area (Å²) in [6.45, 7) is 14.4. The summed E-state index contributed by atoms with van der Waals surface area (Å²) in [6, 6.07) is 5.03. The van der Waals surface area contributed by atoms with Gasteiger partial charge in [0.05, 0.1) is 12.7 Å². The smallest absolute Gasteiger partial charge is 0.341 e. The van der Waals surface area contributed by atoms with Gasteiger partial charge in [-0.25, -0.2) is 4.79 Å². The fourth-order valence-electron chi connectivity index (χ4n) is 2.97. The van der Waals surface area contributed by atoms with E-state index in [2.05, 4.69) is 19.2 Å². The number of hydrogen-bond donors (Lipinski definition) is 1. The zero-order valence-corrected chi connectivity index (χ0v) is 19.0. The Kier molecular flexibility index (Phi) is 10.2. The number of esters is 1. The lowest BCUT2D eigenvalue weighted by Gasteiger charge is -2.30. The summed E-state index contributed by atoms with van der Waals surface area (Å²) in [5.41, 5.74) is -0.144. The van der Waals surface area contributed by atoms with Crippen LogP contribution in [0.2, 0.25) is 0 Å². The van der Waals surface area contributed by atoms with Crippen molar-refractivity contribution in [3.63, 3.8) is 0 Å². The number of anilines is 1. The van der Waals surface area contributed by atoms with E-state index in [0.717, 1.165) is 12.8 Å². The summed E-state index contributed by atoms with van der Waals surface area (Å²) >= 11 is 0. The number of carbonyl (C=O) groups is 2. The molecule has 0 radical (unpaired) electrons. The van der Waals surface area contributed by atoms with Gasteiger partial charge in [-0.2, -0.15) is 0 Å². The van der Waals surface area contributed by atoms with Crippen molar-refractivity contribution in [2.75, 3.05) is 18.5 Å². The number of nitrogens with one attached hydrogen (secondary N) is 1. The molecule has 1 amide bonds. The quantitative estimate of drug-likeness (QED) is 0.481. The van der Waals surface area contributed by atoms with Crippen molar-refractivity contribution in [2.45, 2.75) is 79.4 Å². The van der Waals surface area contributed by atoms with Gasteiger partial charge in [0.15, 0.2) is 0 Å². The molecule has 0 fully saturated rings. The van der Waals surface area contributed by atoms with Crippen LogP contribution in [0.5, 0.6) is 5.75 Å². The lowest BCUT2D eigenvalue weighted by molar-refractivity contribution is -0.141. The van der Waals surface area contributed by atoms with E-state index in [1.165, 1.54) is 0 Å². The molecule has 0 spiro atoms. The molecule has 6 heteroatoms. The molecular formula is C23H37NO5. The maximum absolute atomic E-state index is 13.0. The van der Waals surface area contributed by atoms with Crippen molar-refractivity contribution >= 4 is 17.6 Å². The van der Waals surface area contributed by atoms with E-state index < -0.39 is 11.6 Å². The number of ether oxygens (including phenoxy) is 3. The minimum absolute atomic E-state index is 0.0413. The summed E-state index contributed by atoms with van der Waals surface area (Å²) in [5.74, 6) is 0.0334. The average molecular weight is 408 g/mol. The van der Waals surface area contributed by atoms with Crippen LogP contribution in [0, 0.1) is 5.92 Å². The number of hydrogen-bond acceptors (Lipinski definition) is 5. The first-order valence-electron chi connectivity index (χ1n) is 10.6. The summed E-state index contributed by atoms with van der Waals surface area (Å²) < 4.78 is 16.9. The number of amides is 1. The van der Waals surface area contributed by atoms with Crippen LogP contribution in [0.1, 0.15) is 78.1 Å². The Morgan fingerprint density at radius 1 is 1.14 bits per heavy atom. The number of benzene rings is 1. The fraction of sp³-hybridized carbons (Fsp3) is 0.652. The molecule has 0 bridgehead atoms. The van der Waals surface area contributed by atoms with Gasteiger partial charge in [0.25, 0.3) is 5.91 Å². The topological polar surface area (TPSA) is 73.9 Å². The molecule has 0 saturated heterocycles. The highest BCUT2D eigenvalue weighted by molar-refractivity contribution is 5.99. The van der Waals surface area contributed by atoms with Gasteiger partial charge in [0.2, 0.25) is 0 Å².